The van der Waals surface area contributed by atoms with Crippen LogP contribution in [0.15, 0.2) is 58.6 Å². The van der Waals surface area contributed by atoms with Crippen molar-refractivity contribution >= 4 is 71.9 Å². The molecule has 0 fully saturated rings. The number of anilines is 2. The Hall–Kier alpha value is -3.62. The number of H-pyrrole nitrogens is 1. The van der Waals surface area contributed by atoms with Crippen LogP contribution in [0.25, 0.3) is 22.1 Å². The third kappa shape index (κ3) is 4.69. The van der Waals surface area contributed by atoms with Crippen LogP contribution in [0.1, 0.15) is 5.01 Å². The van der Waals surface area contributed by atoms with E-state index in [0.29, 0.717) is 27.0 Å². The molecule has 5 rings (SSSR count). The standard InChI is InChI=1S/C20H16N8O3S3/c1-11-24-27-20(33-11)28-34(30,31)13-8-6-12(7-9-13)21-16(29)10-32-19-23-18-17(25-26-19)14-4-2-3-5-15(14)22-18/h2-9H,10H2,1H3,(H,21,29)(H,27,28)(H,22,23,26). The van der Waals surface area contributed by atoms with E-state index in [1.807, 2.05) is 24.3 Å². The number of carbonyl (C=O) groups excluding carboxylic acids is 1. The average Bonchev–Trinajstić information content (AvgIpc) is 3.40. The SMILES string of the molecule is Cc1nnc(NS(=O)(=O)c2ccc(NC(=O)CSc3nnc4c(n3)[nH]c3ccccc34)cc2)s1. The number of aromatic nitrogens is 6. The number of para-hydroxylation sites is 1. The molecule has 0 radical (unpaired) electrons. The van der Waals surface area contributed by atoms with Gasteiger partial charge in [-0.3, -0.25) is 9.52 Å². The summed E-state index contributed by atoms with van der Waals surface area (Å²) < 4.78 is 27.3. The van der Waals surface area contributed by atoms with Crippen molar-refractivity contribution in [2.24, 2.45) is 0 Å². The van der Waals surface area contributed by atoms with E-state index in [1.54, 1.807) is 6.92 Å². The van der Waals surface area contributed by atoms with Crippen molar-refractivity contribution in [3.8, 4) is 0 Å². The van der Waals surface area contributed by atoms with Gasteiger partial charge in [0.05, 0.1) is 10.6 Å². The van der Waals surface area contributed by atoms with E-state index in [0.717, 1.165) is 34.0 Å². The van der Waals surface area contributed by atoms with Crippen molar-refractivity contribution in [1.82, 2.24) is 30.4 Å². The van der Waals surface area contributed by atoms with Gasteiger partial charge in [0, 0.05) is 16.6 Å². The highest BCUT2D eigenvalue weighted by atomic mass is 32.2. The molecule has 1 amide bonds. The van der Waals surface area contributed by atoms with Gasteiger partial charge in [-0.05, 0) is 37.3 Å². The molecule has 11 nitrogen and oxygen atoms in total. The Labute approximate surface area is 201 Å². The fourth-order valence-electron chi connectivity index (χ4n) is 3.12. The summed E-state index contributed by atoms with van der Waals surface area (Å²) >= 11 is 2.29. The first-order valence-corrected chi connectivity index (χ1v) is 13.1. The van der Waals surface area contributed by atoms with Crippen molar-refractivity contribution in [2.75, 3.05) is 15.8 Å². The van der Waals surface area contributed by atoms with E-state index in [1.165, 1.54) is 24.3 Å². The van der Waals surface area contributed by atoms with Crippen LogP contribution in [0.4, 0.5) is 10.8 Å². The predicted molar refractivity (Wildman–Crippen MR) is 130 cm³/mol. The molecule has 5 aromatic rings. The van der Waals surface area contributed by atoms with Crippen LogP contribution in [-0.4, -0.2) is 50.4 Å². The summed E-state index contributed by atoms with van der Waals surface area (Å²) in [6, 6.07) is 13.5. The lowest BCUT2D eigenvalue weighted by Crippen LogP contribution is -2.15. The van der Waals surface area contributed by atoms with Gasteiger partial charge in [-0.15, -0.1) is 20.4 Å². The number of aromatic amines is 1. The second-order valence-electron chi connectivity index (χ2n) is 7.06. The third-order valence-electron chi connectivity index (χ3n) is 4.63. The number of nitrogens with zero attached hydrogens (tertiary/aromatic N) is 5. The van der Waals surface area contributed by atoms with Crippen LogP contribution in [0.3, 0.4) is 0 Å². The number of hydrogen-bond donors (Lipinski definition) is 3. The molecule has 3 heterocycles. The van der Waals surface area contributed by atoms with Crippen LogP contribution in [-0.2, 0) is 14.8 Å². The minimum atomic E-state index is -3.80. The zero-order chi connectivity index (χ0) is 23.7. The zero-order valence-electron chi connectivity index (χ0n) is 17.5. The lowest BCUT2D eigenvalue weighted by atomic mass is 10.2. The van der Waals surface area contributed by atoms with E-state index in [2.05, 4.69) is 40.4 Å². The summed E-state index contributed by atoms with van der Waals surface area (Å²) in [6.07, 6.45) is 0. The summed E-state index contributed by atoms with van der Waals surface area (Å²) in [6.45, 7) is 1.73. The molecule has 2 aromatic carbocycles. The molecular weight excluding hydrogens is 496 g/mol. The molecule has 0 atom stereocenters. The predicted octanol–water partition coefficient (Wildman–Crippen LogP) is 3.20. The number of benzene rings is 2. The van der Waals surface area contributed by atoms with E-state index >= 15 is 0 Å². The fraction of sp³-hybridized carbons (Fsp3) is 0.100. The normalized spacial score (nSPS) is 11.7. The number of thioether (sulfide) groups is 1. The molecule has 0 bridgehead atoms. The molecule has 0 aliphatic rings. The van der Waals surface area contributed by atoms with Crippen molar-refractivity contribution in [2.45, 2.75) is 17.0 Å². The topological polar surface area (TPSA) is 156 Å². The van der Waals surface area contributed by atoms with Gasteiger partial charge in [-0.25, -0.2) is 13.4 Å². The summed E-state index contributed by atoms with van der Waals surface area (Å²) in [5.41, 5.74) is 2.66. The lowest BCUT2D eigenvalue weighted by Gasteiger charge is -2.07. The van der Waals surface area contributed by atoms with Gasteiger partial charge in [-0.1, -0.05) is 41.3 Å². The second-order valence-corrected chi connectivity index (χ2v) is 10.9. The van der Waals surface area contributed by atoms with Gasteiger partial charge in [0.1, 0.15) is 10.5 Å². The van der Waals surface area contributed by atoms with Crippen molar-refractivity contribution in [3.63, 3.8) is 0 Å². The molecule has 3 aromatic heterocycles. The van der Waals surface area contributed by atoms with Gasteiger partial charge in [0.15, 0.2) is 5.65 Å². The minimum Gasteiger partial charge on any atom is -0.338 e. The lowest BCUT2D eigenvalue weighted by molar-refractivity contribution is -0.113. The quantitative estimate of drug-likeness (QED) is 0.279. The van der Waals surface area contributed by atoms with E-state index in [-0.39, 0.29) is 21.7 Å². The van der Waals surface area contributed by atoms with Gasteiger partial charge >= 0.3 is 0 Å². The fourth-order valence-corrected chi connectivity index (χ4v) is 5.53. The van der Waals surface area contributed by atoms with Crippen LogP contribution in [0, 0.1) is 6.92 Å². The summed E-state index contributed by atoms with van der Waals surface area (Å²) in [5, 5.41) is 20.7. The minimum absolute atomic E-state index is 0.0406. The molecule has 0 unspecified atom stereocenters. The number of aryl methyl sites for hydroxylation is 1. The number of rotatable bonds is 7. The Morgan fingerprint density at radius 3 is 2.62 bits per heavy atom. The van der Waals surface area contributed by atoms with Crippen molar-refractivity contribution < 1.29 is 13.2 Å². The third-order valence-corrected chi connectivity index (χ3v) is 7.71. The highest BCUT2D eigenvalue weighted by Crippen LogP contribution is 2.24. The maximum atomic E-state index is 12.5. The number of fused-ring (bicyclic) bond motifs is 3. The molecule has 3 N–H and O–H groups in total. The monoisotopic (exact) mass is 512 g/mol. The summed E-state index contributed by atoms with van der Waals surface area (Å²) in [5.74, 6) is -0.228. The molecule has 0 saturated heterocycles. The Morgan fingerprint density at radius 2 is 1.85 bits per heavy atom. The number of amides is 1. The Bertz CT molecular complexity index is 1610. The molecule has 14 heteroatoms. The van der Waals surface area contributed by atoms with Crippen LogP contribution in [0.2, 0.25) is 0 Å². The molecule has 34 heavy (non-hydrogen) atoms. The smallest absolute Gasteiger partial charge is 0.263 e. The molecule has 0 aliphatic heterocycles. The average molecular weight is 513 g/mol. The molecule has 0 aliphatic carbocycles. The van der Waals surface area contributed by atoms with Gasteiger partial charge < -0.3 is 10.3 Å². The summed E-state index contributed by atoms with van der Waals surface area (Å²) in [4.78, 5) is 20.0. The van der Waals surface area contributed by atoms with Gasteiger partial charge in [0.2, 0.25) is 16.2 Å². The largest absolute Gasteiger partial charge is 0.338 e. The van der Waals surface area contributed by atoms with E-state index < -0.39 is 10.0 Å². The number of carbonyl (C=O) groups is 1. The van der Waals surface area contributed by atoms with Gasteiger partial charge in [-0.2, -0.15) is 0 Å². The van der Waals surface area contributed by atoms with Crippen LogP contribution in [0.5, 0.6) is 0 Å². The Morgan fingerprint density at radius 1 is 1.06 bits per heavy atom. The van der Waals surface area contributed by atoms with Crippen LogP contribution >= 0.6 is 23.1 Å². The molecular formula is C20H16N8O3S3. The van der Waals surface area contributed by atoms with Crippen molar-refractivity contribution in [1.29, 1.82) is 0 Å². The first kappa shape index (κ1) is 22.2. The molecule has 0 spiro atoms. The van der Waals surface area contributed by atoms with E-state index in [9.17, 15) is 13.2 Å². The number of sulfonamides is 1. The van der Waals surface area contributed by atoms with Gasteiger partial charge in [0.25, 0.3) is 10.0 Å². The molecule has 0 saturated carbocycles. The van der Waals surface area contributed by atoms with E-state index in [4.69, 9.17) is 0 Å². The van der Waals surface area contributed by atoms with Crippen LogP contribution < -0.4 is 10.0 Å². The number of hydrogen-bond acceptors (Lipinski definition) is 10. The summed E-state index contributed by atoms with van der Waals surface area (Å²) in [7, 11) is -3.80. The first-order chi connectivity index (χ1) is 16.4. The second kappa shape index (κ2) is 8.96. The maximum absolute atomic E-state index is 12.5. The number of nitrogens with one attached hydrogen (secondary N) is 3. The zero-order valence-corrected chi connectivity index (χ0v) is 20.0. The highest BCUT2D eigenvalue weighted by Gasteiger charge is 2.17. The Balaban J connectivity index is 1.20. The first-order valence-electron chi connectivity index (χ1n) is 9.84. The van der Waals surface area contributed by atoms with Crippen molar-refractivity contribution in [3.05, 3.63) is 53.5 Å². The highest BCUT2D eigenvalue weighted by molar-refractivity contribution is 7.99. The molecule has 172 valence electrons. The Kier molecular flexibility index (Phi) is 5.85. The maximum Gasteiger partial charge on any atom is 0.263 e.